The second kappa shape index (κ2) is 5.11. The largest absolute Gasteiger partial charge is 0.461 e. The first-order valence-electron chi connectivity index (χ1n) is 5.81. The van der Waals surface area contributed by atoms with Crippen LogP contribution in [0.4, 0.5) is 8.78 Å². The maximum atomic E-state index is 12.7. The highest BCUT2D eigenvalue weighted by molar-refractivity contribution is 5.75. The molecule has 0 spiro atoms. The Morgan fingerprint density at radius 2 is 1.81 bits per heavy atom. The lowest BCUT2D eigenvalue weighted by molar-refractivity contribution is -0.167. The van der Waals surface area contributed by atoms with Gasteiger partial charge >= 0.3 is 5.97 Å². The van der Waals surface area contributed by atoms with Gasteiger partial charge in [0.15, 0.2) is 0 Å². The normalized spacial score (nSPS) is 26.9. The van der Waals surface area contributed by atoms with Gasteiger partial charge in [-0.05, 0) is 40.0 Å². The third kappa shape index (κ3) is 3.42. The molecular formula is C12H20F2O2. The number of esters is 1. The van der Waals surface area contributed by atoms with Gasteiger partial charge in [0.2, 0.25) is 6.43 Å². The van der Waals surface area contributed by atoms with Crippen LogP contribution < -0.4 is 0 Å². The van der Waals surface area contributed by atoms with E-state index in [0.29, 0.717) is 12.8 Å². The molecule has 1 aliphatic rings. The summed E-state index contributed by atoms with van der Waals surface area (Å²) in [5.74, 6) is -1.16. The minimum atomic E-state index is -2.39. The Labute approximate surface area is 95.4 Å². The van der Waals surface area contributed by atoms with Gasteiger partial charge in [0.25, 0.3) is 0 Å². The lowest BCUT2D eigenvalue weighted by Crippen LogP contribution is -2.37. The standard InChI is InChI=1S/C12H20F2O2/c1-12(2,3)11(15)16-9-7-5-4-6-8(9)10(13)14/h8-10H,4-7H2,1-3H3. The van der Waals surface area contributed by atoms with Gasteiger partial charge in [-0.1, -0.05) is 6.42 Å². The molecule has 0 aliphatic heterocycles. The average Bonchev–Trinajstić information content (AvgIpc) is 2.16. The van der Waals surface area contributed by atoms with E-state index in [-0.39, 0.29) is 5.97 Å². The van der Waals surface area contributed by atoms with Crippen molar-refractivity contribution in [2.45, 2.75) is 59.0 Å². The van der Waals surface area contributed by atoms with Crippen molar-refractivity contribution in [3.05, 3.63) is 0 Å². The summed E-state index contributed by atoms with van der Waals surface area (Å²) in [7, 11) is 0. The summed E-state index contributed by atoms with van der Waals surface area (Å²) in [4.78, 5) is 11.6. The number of ether oxygens (including phenoxy) is 1. The maximum Gasteiger partial charge on any atom is 0.311 e. The Bertz CT molecular complexity index is 246. The third-order valence-corrected chi connectivity index (χ3v) is 2.95. The van der Waals surface area contributed by atoms with Gasteiger partial charge in [-0.15, -0.1) is 0 Å². The first-order chi connectivity index (χ1) is 7.32. The molecule has 0 aromatic rings. The Kier molecular flexibility index (Phi) is 4.28. The minimum Gasteiger partial charge on any atom is -0.461 e. The number of carbonyl (C=O) groups is 1. The van der Waals surface area contributed by atoms with Crippen LogP contribution in [-0.4, -0.2) is 18.5 Å². The van der Waals surface area contributed by atoms with Crippen LogP contribution >= 0.6 is 0 Å². The molecule has 94 valence electrons. The average molecular weight is 234 g/mol. The molecule has 1 fully saturated rings. The SMILES string of the molecule is CC(C)(C)C(=O)OC1CCCCC1C(F)F. The van der Waals surface area contributed by atoms with E-state index in [4.69, 9.17) is 4.74 Å². The lowest BCUT2D eigenvalue weighted by Gasteiger charge is -2.32. The highest BCUT2D eigenvalue weighted by atomic mass is 19.3. The predicted octanol–water partition coefficient (Wildman–Crippen LogP) is 3.40. The van der Waals surface area contributed by atoms with Crippen LogP contribution in [-0.2, 0) is 9.53 Å². The zero-order valence-corrected chi connectivity index (χ0v) is 10.1. The van der Waals surface area contributed by atoms with Crippen molar-refractivity contribution in [1.29, 1.82) is 0 Å². The van der Waals surface area contributed by atoms with Gasteiger partial charge in [0.05, 0.1) is 11.3 Å². The molecule has 2 unspecified atom stereocenters. The van der Waals surface area contributed by atoms with Crippen LogP contribution in [0.5, 0.6) is 0 Å². The van der Waals surface area contributed by atoms with E-state index >= 15 is 0 Å². The fraction of sp³-hybridized carbons (Fsp3) is 0.917. The third-order valence-electron chi connectivity index (χ3n) is 2.95. The molecule has 16 heavy (non-hydrogen) atoms. The van der Waals surface area contributed by atoms with E-state index in [1.54, 1.807) is 20.8 Å². The van der Waals surface area contributed by atoms with Gasteiger partial charge in [-0.3, -0.25) is 4.79 Å². The fourth-order valence-electron chi connectivity index (χ4n) is 1.87. The van der Waals surface area contributed by atoms with Crippen molar-refractivity contribution in [2.75, 3.05) is 0 Å². The van der Waals surface area contributed by atoms with Crippen LogP contribution in [0.1, 0.15) is 46.5 Å². The van der Waals surface area contributed by atoms with E-state index in [9.17, 15) is 13.6 Å². The van der Waals surface area contributed by atoms with E-state index in [1.165, 1.54) is 0 Å². The summed E-state index contributed by atoms with van der Waals surface area (Å²) >= 11 is 0. The molecule has 0 amide bonds. The summed E-state index contributed by atoms with van der Waals surface area (Å²) in [6, 6.07) is 0. The summed E-state index contributed by atoms with van der Waals surface area (Å²) in [6.07, 6.45) is -0.293. The van der Waals surface area contributed by atoms with Gasteiger partial charge < -0.3 is 4.74 Å². The Morgan fingerprint density at radius 3 is 2.31 bits per heavy atom. The Hall–Kier alpha value is -0.670. The summed E-state index contributed by atoms with van der Waals surface area (Å²) < 4.78 is 30.7. The van der Waals surface area contributed by atoms with E-state index in [2.05, 4.69) is 0 Å². The monoisotopic (exact) mass is 234 g/mol. The topological polar surface area (TPSA) is 26.3 Å². The van der Waals surface area contributed by atoms with Crippen molar-refractivity contribution in [2.24, 2.45) is 11.3 Å². The van der Waals surface area contributed by atoms with Gasteiger partial charge in [-0.2, -0.15) is 0 Å². The summed E-state index contributed by atoms with van der Waals surface area (Å²) in [5, 5.41) is 0. The maximum absolute atomic E-state index is 12.7. The summed E-state index contributed by atoms with van der Waals surface area (Å²) in [5.41, 5.74) is -0.621. The van der Waals surface area contributed by atoms with Crippen LogP contribution in [0.2, 0.25) is 0 Å². The van der Waals surface area contributed by atoms with Gasteiger partial charge in [0.1, 0.15) is 6.10 Å². The molecular weight excluding hydrogens is 214 g/mol. The van der Waals surface area contributed by atoms with Crippen LogP contribution in [0.25, 0.3) is 0 Å². The number of rotatable bonds is 2. The van der Waals surface area contributed by atoms with Gasteiger partial charge in [-0.25, -0.2) is 8.78 Å². The first-order valence-corrected chi connectivity index (χ1v) is 5.81. The smallest absolute Gasteiger partial charge is 0.311 e. The highest BCUT2D eigenvalue weighted by Gasteiger charge is 2.36. The quantitative estimate of drug-likeness (QED) is 0.684. The molecule has 0 radical (unpaired) electrons. The summed E-state index contributed by atoms with van der Waals surface area (Å²) in [6.45, 7) is 5.20. The fourth-order valence-corrected chi connectivity index (χ4v) is 1.87. The van der Waals surface area contributed by atoms with Crippen LogP contribution in [0.3, 0.4) is 0 Å². The van der Waals surface area contributed by atoms with E-state index in [1.807, 2.05) is 0 Å². The van der Waals surface area contributed by atoms with Crippen molar-refractivity contribution >= 4 is 5.97 Å². The number of hydrogen-bond acceptors (Lipinski definition) is 2. The van der Waals surface area contributed by atoms with Gasteiger partial charge in [0, 0.05) is 0 Å². The Balaban J connectivity index is 2.60. The second-order valence-electron chi connectivity index (χ2n) is 5.48. The van der Waals surface area contributed by atoms with Crippen LogP contribution in [0, 0.1) is 11.3 Å². The van der Waals surface area contributed by atoms with Crippen molar-refractivity contribution in [1.82, 2.24) is 0 Å². The number of halogens is 2. The first kappa shape index (κ1) is 13.4. The molecule has 0 aromatic heterocycles. The molecule has 0 saturated heterocycles. The molecule has 4 heteroatoms. The lowest BCUT2D eigenvalue weighted by atomic mass is 9.86. The number of carbonyl (C=O) groups excluding carboxylic acids is 1. The molecule has 1 rings (SSSR count). The molecule has 0 N–H and O–H groups in total. The minimum absolute atomic E-state index is 0.384. The molecule has 2 atom stereocenters. The second-order valence-corrected chi connectivity index (χ2v) is 5.48. The van der Waals surface area contributed by atoms with Crippen molar-refractivity contribution in [3.63, 3.8) is 0 Å². The zero-order chi connectivity index (χ0) is 12.3. The van der Waals surface area contributed by atoms with E-state index < -0.39 is 23.9 Å². The molecule has 0 bridgehead atoms. The molecule has 0 aromatic carbocycles. The molecule has 0 heterocycles. The van der Waals surface area contributed by atoms with Crippen molar-refractivity contribution in [3.8, 4) is 0 Å². The number of hydrogen-bond donors (Lipinski definition) is 0. The molecule has 1 aliphatic carbocycles. The predicted molar refractivity (Wildman–Crippen MR) is 57.3 cm³/mol. The molecule has 2 nitrogen and oxygen atoms in total. The Morgan fingerprint density at radius 1 is 1.25 bits per heavy atom. The molecule has 1 saturated carbocycles. The van der Waals surface area contributed by atoms with Crippen LogP contribution in [0.15, 0.2) is 0 Å². The number of alkyl halides is 2. The van der Waals surface area contributed by atoms with E-state index in [0.717, 1.165) is 12.8 Å². The van der Waals surface area contributed by atoms with Crippen molar-refractivity contribution < 1.29 is 18.3 Å². The highest BCUT2D eigenvalue weighted by Crippen LogP contribution is 2.32. The zero-order valence-electron chi connectivity index (χ0n) is 10.1.